The van der Waals surface area contributed by atoms with E-state index >= 15 is 0 Å². The van der Waals surface area contributed by atoms with Gasteiger partial charge in [-0.1, -0.05) is 58.8 Å². The summed E-state index contributed by atoms with van der Waals surface area (Å²) in [5.74, 6) is 0.244. The predicted molar refractivity (Wildman–Crippen MR) is 70.5 cm³/mol. The van der Waals surface area contributed by atoms with Crippen molar-refractivity contribution in [1.29, 1.82) is 0 Å². The lowest BCUT2D eigenvalue weighted by Gasteiger charge is -2.04. The van der Waals surface area contributed by atoms with Crippen LogP contribution in [-0.4, -0.2) is 12.5 Å². The maximum Gasteiger partial charge on any atom is 0.219 e. The van der Waals surface area contributed by atoms with E-state index < -0.39 is 0 Å². The molecule has 0 aromatic carbocycles. The monoisotopic (exact) mass is 228 g/mol. The molecule has 0 spiro atoms. The van der Waals surface area contributed by atoms with Gasteiger partial charge in [-0.3, -0.25) is 4.79 Å². The highest BCUT2D eigenvalue weighted by atomic mass is 16.2. The lowest BCUT2D eigenvalue weighted by atomic mass is 10.1. The van der Waals surface area contributed by atoms with Gasteiger partial charge in [0.2, 0.25) is 5.91 Å². The summed E-state index contributed by atoms with van der Waals surface area (Å²) >= 11 is 0. The Kier molecular flexibility index (Phi) is 12.1. The summed E-state index contributed by atoms with van der Waals surface area (Å²) in [6.07, 6.45) is 11.7. The van der Waals surface area contributed by atoms with E-state index in [1.165, 1.54) is 44.9 Å². The number of amides is 1. The molecule has 0 bridgehead atoms. The molecule has 0 aliphatic heterocycles. The third-order valence-electron chi connectivity index (χ3n) is 2.86. The summed E-state index contributed by atoms with van der Waals surface area (Å²) in [5.41, 5.74) is 0. The van der Waals surface area contributed by atoms with Crippen LogP contribution in [0.4, 0.5) is 0 Å². The Morgan fingerprint density at radius 2 is 1.38 bits per heavy atom. The second kappa shape index (κ2) is 12.5. The summed E-state index contributed by atoms with van der Waals surface area (Å²) in [5, 5.41) is 2.99. The molecule has 0 radical (unpaired) electrons. The lowest BCUT2D eigenvalue weighted by Crippen LogP contribution is -2.23. The highest BCUT2D eigenvalue weighted by Crippen LogP contribution is 2.04. The van der Waals surface area contributed by atoms with Gasteiger partial charge in [0.1, 0.15) is 0 Å². The van der Waals surface area contributed by atoms with Crippen LogP contribution in [0.3, 0.4) is 0 Å². The largest absolute Gasteiger partial charge is 0.356 e. The third-order valence-corrected chi connectivity index (χ3v) is 2.86. The zero-order valence-electron chi connectivity index (χ0n) is 11.2. The topological polar surface area (TPSA) is 29.1 Å². The molecule has 0 aliphatic rings. The summed E-state index contributed by atoms with van der Waals surface area (Å²) in [7, 11) is 0. The van der Waals surface area contributed by atoms with Crippen molar-refractivity contribution in [3.05, 3.63) is 0 Å². The van der Waals surface area contributed by atoms with Crippen LogP contribution in [0.15, 0.2) is 0 Å². The second-order valence-corrected chi connectivity index (χ2v) is 4.57. The minimum Gasteiger partial charge on any atom is -0.356 e. The van der Waals surface area contributed by atoms with Crippen LogP contribution < -0.4 is 5.32 Å². The molecule has 0 atom stereocenters. The molecular formula is C14H29NO. The van der Waals surface area contributed by atoms with Gasteiger partial charge in [0.05, 0.1) is 0 Å². The Labute approximate surface area is 101 Å². The van der Waals surface area contributed by atoms with Crippen molar-refractivity contribution in [3.8, 4) is 0 Å². The quantitative estimate of drug-likeness (QED) is 0.419. The normalized spacial score (nSPS) is 10.4. The first-order valence-electron chi connectivity index (χ1n) is 7.08. The second-order valence-electron chi connectivity index (χ2n) is 4.57. The maximum absolute atomic E-state index is 11.4. The van der Waals surface area contributed by atoms with Gasteiger partial charge in [-0.15, -0.1) is 0 Å². The molecule has 0 fully saturated rings. The van der Waals surface area contributed by atoms with Crippen LogP contribution >= 0.6 is 0 Å². The molecule has 0 heterocycles. The Morgan fingerprint density at radius 1 is 0.812 bits per heavy atom. The zero-order chi connectivity index (χ0) is 12.1. The lowest BCUT2D eigenvalue weighted by molar-refractivity contribution is -0.121. The molecule has 0 aromatic heterocycles. The first-order valence-corrected chi connectivity index (χ1v) is 7.08. The summed E-state index contributed by atoms with van der Waals surface area (Å²) in [6, 6.07) is 0. The summed E-state index contributed by atoms with van der Waals surface area (Å²) in [4.78, 5) is 11.4. The van der Waals surface area contributed by atoms with E-state index in [-0.39, 0.29) is 5.91 Å². The van der Waals surface area contributed by atoms with Crippen molar-refractivity contribution >= 4 is 5.91 Å². The van der Waals surface area contributed by atoms with E-state index in [0.717, 1.165) is 25.8 Å². The zero-order valence-corrected chi connectivity index (χ0v) is 11.2. The number of carbonyl (C=O) groups excluding carboxylic acids is 1. The molecule has 1 N–H and O–H groups in total. The van der Waals surface area contributed by atoms with Crippen LogP contribution in [0.2, 0.25) is 0 Å². The molecular weight excluding hydrogens is 199 g/mol. The standard InChI is InChI=1S/C14H29NO/c1-3-5-7-9-10-12-14(16)15-13-11-8-6-4-2/h3-13H2,1-2H3,(H,15,16)/i14+1. The van der Waals surface area contributed by atoms with Crippen LogP contribution in [-0.2, 0) is 4.79 Å². The van der Waals surface area contributed by atoms with Crippen LogP contribution in [0.5, 0.6) is 0 Å². The van der Waals surface area contributed by atoms with E-state index in [0.29, 0.717) is 0 Å². The minimum absolute atomic E-state index is 0.244. The molecule has 1 amide bonds. The Balaban J connectivity index is 3.12. The van der Waals surface area contributed by atoms with E-state index in [1.54, 1.807) is 0 Å². The fourth-order valence-electron chi connectivity index (χ4n) is 1.76. The molecule has 2 heteroatoms. The molecule has 0 saturated heterocycles. The number of hydrogen-bond acceptors (Lipinski definition) is 1. The van der Waals surface area contributed by atoms with Gasteiger partial charge in [0.15, 0.2) is 0 Å². The maximum atomic E-state index is 11.4. The molecule has 0 saturated carbocycles. The van der Waals surface area contributed by atoms with Crippen LogP contribution in [0, 0.1) is 0 Å². The number of hydrogen-bond donors (Lipinski definition) is 1. The Bertz CT molecular complexity index is 141. The molecule has 0 aliphatic carbocycles. The number of rotatable bonds is 11. The van der Waals surface area contributed by atoms with E-state index in [9.17, 15) is 4.79 Å². The highest BCUT2D eigenvalue weighted by Gasteiger charge is 1.99. The smallest absolute Gasteiger partial charge is 0.219 e. The number of nitrogens with one attached hydrogen (secondary N) is 1. The van der Waals surface area contributed by atoms with Crippen molar-refractivity contribution in [1.82, 2.24) is 5.32 Å². The third kappa shape index (κ3) is 11.5. The SMILES string of the molecule is CCCCCCC[13C](=O)NCCCCCC. The molecule has 0 aromatic rings. The summed E-state index contributed by atoms with van der Waals surface area (Å²) in [6.45, 7) is 5.28. The molecule has 0 rings (SSSR count). The highest BCUT2D eigenvalue weighted by molar-refractivity contribution is 5.75. The number of carbonyl (C=O) groups is 1. The molecule has 16 heavy (non-hydrogen) atoms. The predicted octanol–water partition coefficient (Wildman–Crippen LogP) is 4.04. The van der Waals surface area contributed by atoms with Crippen molar-refractivity contribution in [3.63, 3.8) is 0 Å². The van der Waals surface area contributed by atoms with Gasteiger partial charge in [-0.2, -0.15) is 0 Å². The molecule has 2 nitrogen and oxygen atoms in total. The fourth-order valence-corrected chi connectivity index (χ4v) is 1.76. The Hall–Kier alpha value is -0.530. The van der Waals surface area contributed by atoms with Crippen LogP contribution in [0.1, 0.15) is 78.1 Å². The van der Waals surface area contributed by atoms with Gasteiger partial charge in [0.25, 0.3) is 0 Å². The summed E-state index contributed by atoms with van der Waals surface area (Å²) < 4.78 is 0. The van der Waals surface area contributed by atoms with Gasteiger partial charge >= 0.3 is 0 Å². The first-order chi connectivity index (χ1) is 7.81. The van der Waals surface area contributed by atoms with Gasteiger partial charge < -0.3 is 5.32 Å². The van der Waals surface area contributed by atoms with Crippen molar-refractivity contribution in [2.45, 2.75) is 78.1 Å². The van der Waals surface area contributed by atoms with Crippen LogP contribution in [0.25, 0.3) is 0 Å². The van der Waals surface area contributed by atoms with Gasteiger partial charge in [0, 0.05) is 13.0 Å². The van der Waals surface area contributed by atoms with E-state index in [4.69, 9.17) is 0 Å². The first kappa shape index (κ1) is 15.5. The van der Waals surface area contributed by atoms with Gasteiger partial charge in [-0.05, 0) is 12.8 Å². The Morgan fingerprint density at radius 3 is 2.00 bits per heavy atom. The average molecular weight is 228 g/mol. The van der Waals surface area contributed by atoms with E-state index in [2.05, 4.69) is 19.2 Å². The van der Waals surface area contributed by atoms with Crippen molar-refractivity contribution in [2.75, 3.05) is 6.54 Å². The molecule has 0 unspecified atom stereocenters. The number of unbranched alkanes of at least 4 members (excludes halogenated alkanes) is 7. The fraction of sp³-hybridized carbons (Fsp3) is 0.929. The van der Waals surface area contributed by atoms with Crippen molar-refractivity contribution in [2.24, 2.45) is 0 Å². The average Bonchev–Trinajstić information content (AvgIpc) is 2.28. The molecule has 96 valence electrons. The van der Waals surface area contributed by atoms with Crippen molar-refractivity contribution < 1.29 is 4.79 Å². The van der Waals surface area contributed by atoms with Gasteiger partial charge in [-0.25, -0.2) is 0 Å². The minimum atomic E-state index is 0.244. The van der Waals surface area contributed by atoms with E-state index in [1.807, 2.05) is 0 Å².